The molecule has 0 spiro atoms. The Morgan fingerprint density at radius 3 is 2.28 bits per heavy atom. The van der Waals surface area contributed by atoms with E-state index < -0.39 is 15.9 Å². The van der Waals surface area contributed by atoms with Crippen LogP contribution in [0.4, 0.5) is 0 Å². The molecule has 1 saturated carbocycles. The van der Waals surface area contributed by atoms with Gasteiger partial charge in [0.2, 0.25) is 15.7 Å². The number of hydrogen-bond donors (Lipinski definition) is 1. The van der Waals surface area contributed by atoms with Gasteiger partial charge in [-0.2, -0.15) is 5.10 Å². The van der Waals surface area contributed by atoms with Crippen molar-refractivity contribution in [1.82, 2.24) is 20.0 Å². The highest BCUT2D eigenvalue weighted by atomic mass is 32.2. The van der Waals surface area contributed by atoms with Gasteiger partial charge in [0.1, 0.15) is 10.9 Å². The molecule has 1 aromatic heterocycles. The maximum atomic E-state index is 13.0. The number of carbonyl (C=O) groups excluding carboxylic acids is 1. The van der Waals surface area contributed by atoms with E-state index in [1.165, 1.54) is 86.9 Å². The minimum Gasteiger partial charge on any atom is -0.350 e. The Balaban J connectivity index is 1.15. The monoisotopic (exact) mass is 551 g/mol. The second kappa shape index (κ2) is 12.6. The smallest absolute Gasteiger partial charge is 0.249 e. The average molecular weight is 552 g/mol. The number of nitrogens with one attached hydrogen (secondary N) is 1. The van der Waals surface area contributed by atoms with Crippen molar-refractivity contribution in [1.29, 1.82) is 0 Å². The lowest BCUT2D eigenvalue weighted by Gasteiger charge is -2.36. The van der Waals surface area contributed by atoms with E-state index in [-0.39, 0.29) is 15.7 Å². The lowest BCUT2D eigenvalue weighted by molar-refractivity contribution is -0.121. The van der Waals surface area contributed by atoms with Crippen LogP contribution in [0, 0.1) is 0 Å². The normalized spacial score (nSPS) is 21.9. The summed E-state index contributed by atoms with van der Waals surface area (Å²) in [7, 11) is -1.93. The molecule has 0 bridgehead atoms. The predicted molar refractivity (Wildman–Crippen MR) is 152 cm³/mol. The Labute approximate surface area is 232 Å². The molecule has 1 saturated heterocycles. The fourth-order valence-electron chi connectivity index (χ4n) is 6.02. The first kappa shape index (κ1) is 27.8. The number of aryl methyl sites for hydroxylation is 1. The molecule has 5 rings (SSSR count). The first-order chi connectivity index (χ1) is 18.9. The summed E-state index contributed by atoms with van der Waals surface area (Å²) < 4.78 is 27.0. The number of hydrogen-bond acceptors (Lipinski definition) is 6. The van der Waals surface area contributed by atoms with Crippen molar-refractivity contribution < 1.29 is 13.2 Å². The third-order valence-electron chi connectivity index (χ3n) is 8.34. The lowest BCUT2D eigenvalue weighted by Crippen LogP contribution is -2.42. The molecule has 1 aromatic carbocycles. The van der Waals surface area contributed by atoms with Crippen molar-refractivity contribution in [3.63, 3.8) is 0 Å². The van der Waals surface area contributed by atoms with Gasteiger partial charge in [-0.3, -0.25) is 19.4 Å². The van der Waals surface area contributed by atoms with E-state index in [0.717, 1.165) is 30.8 Å². The molecule has 1 N–H and O–H groups in total. The van der Waals surface area contributed by atoms with E-state index in [9.17, 15) is 13.2 Å². The Bertz CT molecular complexity index is 1300. The van der Waals surface area contributed by atoms with Gasteiger partial charge >= 0.3 is 0 Å². The summed E-state index contributed by atoms with van der Waals surface area (Å²) >= 11 is 0. The van der Waals surface area contributed by atoms with Crippen LogP contribution < -0.4 is 5.32 Å². The van der Waals surface area contributed by atoms with Crippen molar-refractivity contribution >= 4 is 21.5 Å². The summed E-state index contributed by atoms with van der Waals surface area (Å²) in [6.45, 7) is 2.26. The van der Waals surface area contributed by atoms with Gasteiger partial charge in [-0.1, -0.05) is 63.5 Å². The minimum absolute atomic E-state index is 0.113. The summed E-state index contributed by atoms with van der Waals surface area (Å²) in [5.74, 6) is -0.113. The van der Waals surface area contributed by atoms with Gasteiger partial charge in [0, 0.05) is 51.1 Å². The van der Waals surface area contributed by atoms with Gasteiger partial charge in [0.25, 0.3) is 0 Å². The summed E-state index contributed by atoms with van der Waals surface area (Å²) in [6.07, 6.45) is 19.2. The van der Waals surface area contributed by atoms with Crippen LogP contribution in [-0.2, 0) is 28.2 Å². The van der Waals surface area contributed by atoms with Gasteiger partial charge in [-0.05, 0) is 42.2 Å². The van der Waals surface area contributed by atoms with E-state index in [1.807, 2.05) is 6.08 Å². The second-order valence-corrected chi connectivity index (χ2v) is 13.2. The molecule has 2 fully saturated rings. The number of carbonyl (C=O) groups is 1. The van der Waals surface area contributed by atoms with Crippen LogP contribution in [-0.4, -0.2) is 59.9 Å². The highest BCUT2D eigenvalue weighted by Gasteiger charge is 2.31. The maximum Gasteiger partial charge on any atom is 0.249 e. The highest BCUT2D eigenvalue weighted by molar-refractivity contribution is 7.91. The van der Waals surface area contributed by atoms with Crippen molar-refractivity contribution in [3.8, 4) is 0 Å². The molecule has 2 aliphatic heterocycles. The summed E-state index contributed by atoms with van der Waals surface area (Å²) in [5, 5.41) is 6.94. The van der Waals surface area contributed by atoms with Crippen LogP contribution in [0.1, 0.15) is 76.2 Å². The van der Waals surface area contributed by atoms with Crippen LogP contribution in [0.5, 0.6) is 0 Å². The van der Waals surface area contributed by atoms with Crippen molar-refractivity contribution in [3.05, 3.63) is 53.9 Å². The standard InChI is InChI=1S/C30H41N5O3S/c1-34-22-27(20-32-34)39(37,38)26-14-12-23(13-15-26)19-31-30(36)29-18-24-21-35(17-16-28(24)33-29)25-10-8-6-4-2-3-5-7-9-11-25/h12-15,18,20,22,25,29H,2-11,16-17,19,21H2,1H3,(H,31,36). The van der Waals surface area contributed by atoms with Crippen LogP contribution in [0.25, 0.3) is 0 Å². The molecule has 1 aliphatic carbocycles. The number of benzene rings is 1. The Morgan fingerprint density at radius 1 is 0.974 bits per heavy atom. The summed E-state index contributed by atoms with van der Waals surface area (Å²) in [6, 6.07) is 6.79. The second-order valence-electron chi connectivity index (χ2n) is 11.2. The molecule has 9 heteroatoms. The Hall–Kier alpha value is -2.78. The number of nitrogens with zero attached hydrogens (tertiary/aromatic N) is 4. The molecule has 3 heterocycles. The molecular formula is C30H41N5O3S. The molecule has 39 heavy (non-hydrogen) atoms. The first-order valence-corrected chi connectivity index (χ1v) is 16.0. The van der Waals surface area contributed by atoms with Gasteiger partial charge in [0.15, 0.2) is 0 Å². The van der Waals surface area contributed by atoms with Gasteiger partial charge in [-0.15, -0.1) is 0 Å². The number of aromatic nitrogens is 2. The van der Waals surface area contributed by atoms with Gasteiger partial charge in [-0.25, -0.2) is 8.42 Å². The maximum absolute atomic E-state index is 13.0. The van der Waals surface area contributed by atoms with Crippen LogP contribution in [0.2, 0.25) is 0 Å². The largest absolute Gasteiger partial charge is 0.350 e. The van der Waals surface area contributed by atoms with E-state index in [1.54, 1.807) is 31.3 Å². The van der Waals surface area contributed by atoms with Crippen LogP contribution >= 0.6 is 0 Å². The molecule has 8 nitrogen and oxygen atoms in total. The summed E-state index contributed by atoms with van der Waals surface area (Å²) in [4.78, 5) is 20.7. The zero-order valence-electron chi connectivity index (χ0n) is 23.0. The molecule has 2 aromatic rings. The van der Waals surface area contributed by atoms with E-state index in [4.69, 9.17) is 4.99 Å². The average Bonchev–Trinajstić information content (AvgIpc) is 3.56. The quantitative estimate of drug-likeness (QED) is 0.566. The molecule has 1 amide bonds. The molecular weight excluding hydrogens is 510 g/mol. The molecule has 210 valence electrons. The number of piperidine rings is 1. The Kier molecular flexibility index (Phi) is 8.97. The van der Waals surface area contributed by atoms with E-state index >= 15 is 0 Å². The third-order valence-corrected chi connectivity index (χ3v) is 10.1. The van der Waals surface area contributed by atoms with E-state index in [2.05, 4.69) is 15.3 Å². The number of amides is 1. The highest BCUT2D eigenvalue weighted by Crippen LogP contribution is 2.27. The number of rotatable bonds is 6. The van der Waals surface area contributed by atoms with Crippen molar-refractivity contribution in [2.24, 2.45) is 12.0 Å². The molecule has 1 atom stereocenters. The summed E-state index contributed by atoms with van der Waals surface area (Å²) in [5.41, 5.74) is 3.15. The SMILES string of the molecule is Cn1cc(S(=O)(=O)c2ccc(CNC(=O)C3C=C4CN(C5CCCCCCCCCC5)CCC4=N3)cc2)cn1. The van der Waals surface area contributed by atoms with Crippen LogP contribution in [0.15, 0.2) is 63.1 Å². The third kappa shape index (κ3) is 6.87. The minimum atomic E-state index is -3.61. The molecule has 3 aliphatic rings. The topological polar surface area (TPSA) is 96.7 Å². The fourth-order valence-corrected chi connectivity index (χ4v) is 7.26. The molecule has 1 unspecified atom stereocenters. The Morgan fingerprint density at radius 2 is 1.64 bits per heavy atom. The number of fused-ring (bicyclic) bond motifs is 1. The number of sulfone groups is 1. The number of likely N-dealkylation sites (tertiary alicyclic amines) is 1. The van der Waals surface area contributed by atoms with Gasteiger partial charge < -0.3 is 5.32 Å². The zero-order valence-corrected chi connectivity index (χ0v) is 23.8. The van der Waals surface area contributed by atoms with Crippen LogP contribution in [0.3, 0.4) is 0 Å². The predicted octanol–water partition coefficient (Wildman–Crippen LogP) is 4.61. The lowest BCUT2D eigenvalue weighted by atomic mass is 9.96. The zero-order chi connectivity index (χ0) is 27.2. The first-order valence-electron chi connectivity index (χ1n) is 14.5. The van der Waals surface area contributed by atoms with E-state index in [0.29, 0.717) is 12.6 Å². The van der Waals surface area contributed by atoms with Crippen molar-refractivity contribution in [2.45, 2.75) is 99.0 Å². The molecule has 0 radical (unpaired) electrons. The fraction of sp³-hybridized carbons (Fsp3) is 0.567. The van der Waals surface area contributed by atoms with Gasteiger partial charge in [0.05, 0.1) is 11.1 Å². The van der Waals surface area contributed by atoms with Crippen molar-refractivity contribution in [2.75, 3.05) is 13.1 Å². The number of aliphatic imine (C=N–C) groups is 1.